The van der Waals surface area contributed by atoms with Crippen molar-refractivity contribution in [3.8, 4) is 0 Å². The van der Waals surface area contributed by atoms with E-state index in [0.717, 1.165) is 12.8 Å². The molecule has 0 amide bonds. The number of hydrogen-bond acceptors (Lipinski definition) is 5. The van der Waals surface area contributed by atoms with Crippen LogP contribution in [0.25, 0.3) is 0 Å². The lowest BCUT2D eigenvalue weighted by Gasteiger charge is -2.34. The zero-order valence-electron chi connectivity index (χ0n) is 18.4. The van der Waals surface area contributed by atoms with Crippen molar-refractivity contribution in [3.63, 3.8) is 0 Å². The maximum atomic E-state index is 13.0. The molecule has 0 aliphatic heterocycles. The Kier molecular flexibility index (Phi) is 17.6. The summed E-state index contributed by atoms with van der Waals surface area (Å²) in [7, 11) is -3.03. The van der Waals surface area contributed by atoms with Crippen LogP contribution in [0.1, 0.15) is 98.3 Å². The van der Waals surface area contributed by atoms with Crippen molar-refractivity contribution in [1.82, 2.24) is 0 Å². The van der Waals surface area contributed by atoms with Crippen LogP contribution in [-0.2, 0) is 18.1 Å². The van der Waals surface area contributed by atoms with Crippen LogP contribution in [0.5, 0.6) is 0 Å². The maximum absolute atomic E-state index is 13.0. The molecule has 0 bridgehead atoms. The molecule has 5 nitrogen and oxygen atoms in total. The molecule has 0 fully saturated rings. The molecular formula is C21H45NO4Si. The smallest absolute Gasteiger partial charge is 0.373 e. The van der Waals surface area contributed by atoms with Gasteiger partial charge in [-0.15, -0.1) is 0 Å². The fourth-order valence-corrected chi connectivity index (χ4v) is 6.64. The lowest BCUT2D eigenvalue weighted by molar-refractivity contribution is -0.120. The molecule has 0 aromatic rings. The highest BCUT2D eigenvalue weighted by molar-refractivity contribution is 6.66. The second-order valence-corrected chi connectivity index (χ2v) is 9.85. The number of carbonyl (C=O) groups is 1. The Morgan fingerprint density at radius 2 is 1.22 bits per heavy atom. The lowest BCUT2D eigenvalue weighted by atomic mass is 10.0. The molecule has 0 heterocycles. The van der Waals surface area contributed by atoms with Crippen molar-refractivity contribution in [3.05, 3.63) is 0 Å². The molecule has 0 saturated carbocycles. The number of ketones is 1. The Balaban J connectivity index is 4.50. The standard InChI is InChI=1S/C21H45NO4Si/c1-5-9-10-11-12-13-14-15-16-17-20(23)21(18-19-22)27(24-6-2,25-7-3)26-8-4/h21H,5-19,22H2,1-4H3. The largest absolute Gasteiger partial charge is 0.511 e. The molecule has 0 aliphatic rings. The molecule has 162 valence electrons. The number of carbonyl (C=O) groups excluding carboxylic acids is 1. The predicted molar refractivity (Wildman–Crippen MR) is 115 cm³/mol. The summed E-state index contributed by atoms with van der Waals surface area (Å²) in [5.74, 6) is 0.199. The quantitative estimate of drug-likeness (QED) is 0.222. The van der Waals surface area contributed by atoms with E-state index in [4.69, 9.17) is 19.0 Å². The van der Waals surface area contributed by atoms with Gasteiger partial charge in [0.05, 0.1) is 5.54 Å². The summed E-state index contributed by atoms with van der Waals surface area (Å²) >= 11 is 0. The third-order valence-electron chi connectivity index (χ3n) is 4.83. The van der Waals surface area contributed by atoms with Gasteiger partial charge in [0.1, 0.15) is 5.78 Å². The third kappa shape index (κ3) is 11.3. The first-order valence-electron chi connectivity index (χ1n) is 11.3. The average molecular weight is 404 g/mol. The maximum Gasteiger partial charge on any atom is 0.511 e. The highest BCUT2D eigenvalue weighted by Gasteiger charge is 2.51. The van der Waals surface area contributed by atoms with E-state index in [1.807, 2.05) is 20.8 Å². The van der Waals surface area contributed by atoms with Gasteiger partial charge in [0.25, 0.3) is 0 Å². The van der Waals surface area contributed by atoms with Crippen LogP contribution >= 0.6 is 0 Å². The van der Waals surface area contributed by atoms with E-state index >= 15 is 0 Å². The number of nitrogens with two attached hydrogens (primary N) is 1. The molecule has 1 unspecified atom stereocenters. The minimum Gasteiger partial charge on any atom is -0.373 e. The van der Waals surface area contributed by atoms with Crippen LogP contribution in [0.3, 0.4) is 0 Å². The van der Waals surface area contributed by atoms with Gasteiger partial charge in [0.2, 0.25) is 0 Å². The van der Waals surface area contributed by atoms with Crippen LogP contribution in [-0.4, -0.2) is 41.0 Å². The summed E-state index contributed by atoms with van der Waals surface area (Å²) in [6.45, 7) is 9.90. The van der Waals surface area contributed by atoms with Crippen molar-refractivity contribution < 1.29 is 18.1 Å². The Morgan fingerprint density at radius 1 is 0.778 bits per heavy atom. The second kappa shape index (κ2) is 17.8. The Morgan fingerprint density at radius 3 is 1.63 bits per heavy atom. The van der Waals surface area contributed by atoms with Crippen LogP contribution in [0.2, 0.25) is 5.54 Å². The molecule has 0 aromatic heterocycles. The van der Waals surface area contributed by atoms with Crippen molar-refractivity contribution >= 4 is 14.6 Å². The molecular weight excluding hydrogens is 358 g/mol. The molecule has 1 atom stereocenters. The van der Waals surface area contributed by atoms with Gasteiger partial charge in [-0.05, 0) is 40.2 Å². The highest BCUT2D eigenvalue weighted by Crippen LogP contribution is 2.31. The first-order chi connectivity index (χ1) is 13.1. The van der Waals surface area contributed by atoms with Crippen LogP contribution in [0, 0.1) is 0 Å². The summed E-state index contributed by atoms with van der Waals surface area (Å²) in [5.41, 5.74) is 5.46. The van der Waals surface area contributed by atoms with Gasteiger partial charge in [-0.3, -0.25) is 4.79 Å². The summed E-state index contributed by atoms with van der Waals surface area (Å²) in [5, 5.41) is 0. The van der Waals surface area contributed by atoms with E-state index in [1.54, 1.807) is 0 Å². The summed E-state index contributed by atoms with van der Waals surface area (Å²) in [6.07, 6.45) is 12.3. The van der Waals surface area contributed by atoms with Crippen molar-refractivity contribution in [1.29, 1.82) is 0 Å². The SMILES string of the molecule is CCCCCCCCCCCC(=O)C(CCN)[Si](OCC)(OCC)OCC. The number of rotatable bonds is 20. The van der Waals surface area contributed by atoms with Crippen LogP contribution < -0.4 is 5.73 Å². The third-order valence-corrected chi connectivity index (χ3v) is 8.37. The van der Waals surface area contributed by atoms with Gasteiger partial charge < -0.3 is 19.0 Å². The Hall–Kier alpha value is -0.273. The van der Waals surface area contributed by atoms with Crippen LogP contribution in [0.4, 0.5) is 0 Å². The first kappa shape index (κ1) is 26.7. The zero-order chi connectivity index (χ0) is 20.4. The normalized spacial score (nSPS) is 13.1. The average Bonchev–Trinajstić information content (AvgIpc) is 2.65. The molecule has 2 N–H and O–H groups in total. The number of Topliss-reactive ketones (excluding diaryl/α,β-unsaturated/α-hetero) is 1. The van der Waals surface area contributed by atoms with E-state index in [0.29, 0.717) is 39.2 Å². The highest BCUT2D eigenvalue weighted by atomic mass is 28.4. The van der Waals surface area contributed by atoms with Crippen molar-refractivity contribution in [2.24, 2.45) is 5.73 Å². The van der Waals surface area contributed by atoms with Gasteiger partial charge in [-0.2, -0.15) is 0 Å². The summed E-state index contributed by atoms with van der Waals surface area (Å²) in [6, 6.07) is 0. The molecule has 27 heavy (non-hydrogen) atoms. The second-order valence-electron chi connectivity index (χ2n) is 7.08. The fourth-order valence-electron chi connectivity index (χ4n) is 3.52. The number of unbranched alkanes of at least 4 members (excludes halogenated alkanes) is 8. The Labute approximate surface area is 169 Å². The fraction of sp³-hybridized carbons (Fsp3) is 0.952. The van der Waals surface area contributed by atoms with Crippen LogP contribution in [0.15, 0.2) is 0 Å². The molecule has 0 aromatic carbocycles. The van der Waals surface area contributed by atoms with Crippen molar-refractivity contribution in [2.45, 2.75) is 104 Å². The van der Waals surface area contributed by atoms with Crippen molar-refractivity contribution in [2.75, 3.05) is 26.4 Å². The van der Waals surface area contributed by atoms with Gasteiger partial charge in [0, 0.05) is 26.2 Å². The minimum absolute atomic E-state index is 0.199. The molecule has 0 radical (unpaired) electrons. The van der Waals surface area contributed by atoms with E-state index in [9.17, 15) is 4.79 Å². The summed E-state index contributed by atoms with van der Waals surface area (Å²) < 4.78 is 17.9. The molecule has 6 heteroatoms. The zero-order valence-corrected chi connectivity index (χ0v) is 19.4. The minimum atomic E-state index is -3.03. The van der Waals surface area contributed by atoms with Gasteiger partial charge >= 0.3 is 8.80 Å². The van der Waals surface area contributed by atoms with E-state index in [1.165, 1.54) is 44.9 Å². The first-order valence-corrected chi connectivity index (χ1v) is 13.1. The van der Waals surface area contributed by atoms with Gasteiger partial charge in [-0.25, -0.2) is 0 Å². The molecule has 0 saturated heterocycles. The topological polar surface area (TPSA) is 70.8 Å². The summed E-state index contributed by atoms with van der Waals surface area (Å²) in [4.78, 5) is 13.0. The molecule has 0 aliphatic carbocycles. The lowest BCUT2D eigenvalue weighted by Crippen LogP contribution is -2.53. The van der Waals surface area contributed by atoms with Gasteiger partial charge in [-0.1, -0.05) is 58.3 Å². The Bertz CT molecular complexity index is 338. The predicted octanol–water partition coefficient (Wildman–Crippen LogP) is 5.24. The monoisotopic (exact) mass is 403 g/mol. The van der Waals surface area contributed by atoms with E-state index in [-0.39, 0.29) is 11.3 Å². The van der Waals surface area contributed by atoms with E-state index < -0.39 is 8.80 Å². The number of hydrogen-bond donors (Lipinski definition) is 1. The van der Waals surface area contributed by atoms with E-state index in [2.05, 4.69) is 6.92 Å². The molecule has 0 rings (SSSR count). The molecule has 0 spiro atoms. The van der Waals surface area contributed by atoms with Gasteiger partial charge in [0.15, 0.2) is 0 Å².